The molecule has 5 heteroatoms. The van der Waals surface area contributed by atoms with Gasteiger partial charge in [-0.15, -0.1) is 0 Å². The van der Waals surface area contributed by atoms with E-state index in [0.29, 0.717) is 0 Å². The molecular weight excluding hydrogens is 278 g/mol. The predicted molar refractivity (Wildman–Crippen MR) is 89.5 cm³/mol. The van der Waals surface area contributed by atoms with Crippen LogP contribution in [0.25, 0.3) is 0 Å². The lowest BCUT2D eigenvalue weighted by Crippen LogP contribution is -2.38. The van der Waals surface area contributed by atoms with Gasteiger partial charge in [-0.25, -0.2) is 0 Å². The number of hydrogen-bond acceptors (Lipinski definition) is 3. The van der Waals surface area contributed by atoms with Crippen molar-refractivity contribution in [1.29, 1.82) is 0 Å². The zero-order valence-corrected chi connectivity index (χ0v) is 14.5. The number of hydrogen-bond donors (Lipinski definition) is 2. The maximum atomic E-state index is 12.1. The molecule has 0 aliphatic heterocycles. The summed E-state index contributed by atoms with van der Waals surface area (Å²) < 4.78 is 0. The average Bonchev–Trinajstić information content (AvgIpc) is 2.51. The van der Waals surface area contributed by atoms with Crippen molar-refractivity contribution in [2.24, 2.45) is 11.8 Å². The Hall–Kier alpha value is -1.10. The third-order valence-corrected chi connectivity index (χ3v) is 4.38. The molecule has 1 rings (SSSR count). The van der Waals surface area contributed by atoms with Crippen LogP contribution in [0.1, 0.15) is 51.9 Å². The van der Waals surface area contributed by atoms with Gasteiger partial charge in [-0.3, -0.25) is 9.59 Å². The van der Waals surface area contributed by atoms with E-state index in [1.54, 1.807) is 0 Å². The van der Waals surface area contributed by atoms with Crippen LogP contribution in [0.3, 0.4) is 0 Å². The molecular formula is C17H33N3O2. The number of carbonyl (C=O) groups excluding carboxylic acids is 2. The summed E-state index contributed by atoms with van der Waals surface area (Å²) in [6.45, 7) is 4.63. The molecule has 0 radical (unpaired) electrons. The topological polar surface area (TPSA) is 61.4 Å². The van der Waals surface area contributed by atoms with E-state index in [1.165, 1.54) is 0 Å². The standard InChI is InChI=1S/C17H33N3O2/c1-4-5-11-18-16(21)14-7-9-15(10-8-14)17(22)19-12-6-13-20(2)3/h14-15H,4-13H2,1-3H3,(H,18,21)(H,19,22). The summed E-state index contributed by atoms with van der Waals surface area (Å²) in [5, 5.41) is 6.03. The zero-order valence-electron chi connectivity index (χ0n) is 14.5. The van der Waals surface area contributed by atoms with Crippen LogP contribution in [-0.4, -0.2) is 50.4 Å². The third kappa shape index (κ3) is 7.25. The van der Waals surface area contributed by atoms with E-state index in [-0.39, 0.29) is 23.7 Å². The Kier molecular flexibility index (Phi) is 9.13. The first-order valence-corrected chi connectivity index (χ1v) is 8.74. The lowest BCUT2D eigenvalue weighted by atomic mass is 9.81. The van der Waals surface area contributed by atoms with E-state index in [9.17, 15) is 9.59 Å². The summed E-state index contributed by atoms with van der Waals surface area (Å²) in [6, 6.07) is 0. The van der Waals surface area contributed by atoms with Crippen molar-refractivity contribution in [3.05, 3.63) is 0 Å². The van der Waals surface area contributed by atoms with E-state index < -0.39 is 0 Å². The van der Waals surface area contributed by atoms with Gasteiger partial charge in [0.1, 0.15) is 0 Å². The first-order chi connectivity index (χ1) is 10.5. The molecule has 1 fully saturated rings. The lowest BCUT2D eigenvalue weighted by Gasteiger charge is -2.27. The molecule has 0 spiro atoms. The second-order valence-corrected chi connectivity index (χ2v) is 6.64. The van der Waals surface area contributed by atoms with Crippen molar-refractivity contribution < 1.29 is 9.59 Å². The minimum Gasteiger partial charge on any atom is -0.356 e. The van der Waals surface area contributed by atoms with E-state index >= 15 is 0 Å². The van der Waals surface area contributed by atoms with E-state index in [2.05, 4.69) is 22.5 Å². The fourth-order valence-electron chi connectivity index (χ4n) is 2.90. The molecule has 0 aromatic rings. The maximum Gasteiger partial charge on any atom is 0.223 e. The highest BCUT2D eigenvalue weighted by molar-refractivity contribution is 5.81. The van der Waals surface area contributed by atoms with Crippen molar-refractivity contribution in [2.45, 2.75) is 51.9 Å². The van der Waals surface area contributed by atoms with Crippen molar-refractivity contribution in [3.8, 4) is 0 Å². The molecule has 128 valence electrons. The smallest absolute Gasteiger partial charge is 0.223 e. The number of amides is 2. The van der Waals surface area contributed by atoms with Gasteiger partial charge in [0.05, 0.1) is 0 Å². The molecule has 0 bridgehead atoms. The van der Waals surface area contributed by atoms with Crippen LogP contribution in [0.5, 0.6) is 0 Å². The van der Waals surface area contributed by atoms with Crippen molar-refractivity contribution in [3.63, 3.8) is 0 Å². The third-order valence-electron chi connectivity index (χ3n) is 4.38. The van der Waals surface area contributed by atoms with Crippen LogP contribution in [-0.2, 0) is 9.59 Å². The number of unbranched alkanes of at least 4 members (excludes halogenated alkanes) is 1. The van der Waals surface area contributed by atoms with Crippen molar-refractivity contribution >= 4 is 11.8 Å². The fourth-order valence-corrected chi connectivity index (χ4v) is 2.90. The summed E-state index contributed by atoms with van der Waals surface area (Å²) in [6.07, 6.45) is 6.48. The van der Waals surface area contributed by atoms with Crippen molar-refractivity contribution in [2.75, 3.05) is 33.7 Å². The Morgan fingerprint density at radius 1 is 0.909 bits per heavy atom. The molecule has 0 heterocycles. The predicted octanol–water partition coefficient (Wildman–Crippen LogP) is 1.78. The van der Waals surface area contributed by atoms with E-state index in [4.69, 9.17) is 0 Å². The summed E-state index contributed by atoms with van der Waals surface area (Å²) in [4.78, 5) is 26.2. The van der Waals surface area contributed by atoms with Gasteiger partial charge in [-0.05, 0) is 59.2 Å². The van der Waals surface area contributed by atoms with Crippen LogP contribution in [0.4, 0.5) is 0 Å². The van der Waals surface area contributed by atoms with Crippen LogP contribution in [0, 0.1) is 11.8 Å². The molecule has 2 amide bonds. The highest BCUT2D eigenvalue weighted by atomic mass is 16.2. The van der Waals surface area contributed by atoms with Crippen LogP contribution >= 0.6 is 0 Å². The number of nitrogens with one attached hydrogen (secondary N) is 2. The van der Waals surface area contributed by atoms with Gasteiger partial charge in [0.25, 0.3) is 0 Å². The summed E-state index contributed by atoms with van der Waals surface area (Å²) in [5.41, 5.74) is 0. The van der Waals surface area contributed by atoms with Gasteiger partial charge in [0, 0.05) is 24.9 Å². The first-order valence-electron chi connectivity index (χ1n) is 8.74. The van der Waals surface area contributed by atoms with Gasteiger partial charge in [0.2, 0.25) is 11.8 Å². The van der Waals surface area contributed by atoms with Crippen LogP contribution < -0.4 is 10.6 Å². The second-order valence-electron chi connectivity index (χ2n) is 6.64. The molecule has 0 aromatic carbocycles. The summed E-state index contributed by atoms with van der Waals surface area (Å²) in [7, 11) is 4.07. The molecule has 1 aliphatic carbocycles. The van der Waals surface area contributed by atoms with Gasteiger partial charge in [-0.1, -0.05) is 13.3 Å². The fraction of sp³-hybridized carbons (Fsp3) is 0.882. The molecule has 0 unspecified atom stereocenters. The molecule has 0 atom stereocenters. The Morgan fingerprint density at radius 3 is 1.77 bits per heavy atom. The Labute approximate surface area is 135 Å². The van der Waals surface area contributed by atoms with Gasteiger partial charge in [-0.2, -0.15) is 0 Å². The van der Waals surface area contributed by atoms with Crippen molar-refractivity contribution in [1.82, 2.24) is 15.5 Å². The van der Waals surface area contributed by atoms with Gasteiger partial charge >= 0.3 is 0 Å². The molecule has 22 heavy (non-hydrogen) atoms. The highest BCUT2D eigenvalue weighted by Crippen LogP contribution is 2.29. The molecule has 5 nitrogen and oxygen atoms in total. The molecule has 0 saturated heterocycles. The SMILES string of the molecule is CCCCNC(=O)C1CCC(C(=O)NCCCN(C)C)CC1. The monoisotopic (exact) mass is 311 g/mol. The first kappa shape index (κ1) is 18.9. The van der Waals surface area contributed by atoms with Gasteiger partial charge in [0.15, 0.2) is 0 Å². The molecule has 1 aliphatic rings. The average molecular weight is 311 g/mol. The Morgan fingerprint density at radius 2 is 1.36 bits per heavy atom. The number of rotatable bonds is 9. The quantitative estimate of drug-likeness (QED) is 0.638. The second kappa shape index (κ2) is 10.6. The van der Waals surface area contributed by atoms with Crippen LogP contribution in [0.2, 0.25) is 0 Å². The maximum absolute atomic E-state index is 12.1. The largest absolute Gasteiger partial charge is 0.356 e. The number of nitrogens with zero attached hydrogens (tertiary/aromatic N) is 1. The highest BCUT2D eigenvalue weighted by Gasteiger charge is 2.29. The van der Waals surface area contributed by atoms with Gasteiger partial charge < -0.3 is 15.5 Å². The van der Waals surface area contributed by atoms with E-state index in [1.807, 2.05) is 14.1 Å². The minimum atomic E-state index is 0.0963. The molecule has 0 aromatic heterocycles. The minimum absolute atomic E-state index is 0.0963. The number of carbonyl (C=O) groups is 2. The lowest BCUT2D eigenvalue weighted by molar-refractivity contribution is -0.130. The van der Waals surface area contributed by atoms with Crippen LogP contribution in [0.15, 0.2) is 0 Å². The normalized spacial score (nSPS) is 21.6. The molecule has 2 N–H and O–H groups in total. The Bertz CT molecular complexity index is 337. The zero-order chi connectivity index (χ0) is 16.4. The van der Waals surface area contributed by atoms with E-state index in [0.717, 1.165) is 64.6 Å². The Balaban J connectivity index is 2.18. The summed E-state index contributed by atoms with van der Waals surface area (Å²) >= 11 is 0. The molecule has 1 saturated carbocycles. The summed E-state index contributed by atoms with van der Waals surface area (Å²) in [5.74, 6) is 0.551.